The molecule has 6 nitrogen and oxygen atoms in total. The molecule has 4 aromatic rings. The van der Waals surface area contributed by atoms with Gasteiger partial charge in [-0.15, -0.1) is 10.2 Å². The highest BCUT2D eigenvalue weighted by atomic mass is 19.4. The third-order valence-electron chi connectivity index (χ3n) is 5.90. The van der Waals surface area contributed by atoms with Crippen LogP contribution in [0.2, 0.25) is 0 Å². The molecule has 0 radical (unpaired) electrons. The van der Waals surface area contributed by atoms with E-state index < -0.39 is 23.2 Å². The number of halogens is 5. The zero-order valence-corrected chi connectivity index (χ0v) is 18.1. The van der Waals surface area contributed by atoms with Gasteiger partial charge in [0.05, 0.1) is 22.8 Å². The smallest absolute Gasteiger partial charge is 0.324 e. The van der Waals surface area contributed by atoms with Crippen molar-refractivity contribution >= 4 is 28.2 Å². The molecule has 0 amide bonds. The summed E-state index contributed by atoms with van der Waals surface area (Å²) in [6.07, 6.45) is 0.918. The molecule has 0 N–H and O–H groups in total. The second kappa shape index (κ2) is 7.62. The van der Waals surface area contributed by atoms with E-state index in [4.69, 9.17) is 0 Å². The fraction of sp³-hybridized carbons (Fsp3) is 0.304. The maximum absolute atomic E-state index is 15.0. The molecule has 4 heterocycles. The van der Waals surface area contributed by atoms with Gasteiger partial charge in [-0.05, 0) is 44.4 Å². The monoisotopic (exact) mass is 472 g/mol. The van der Waals surface area contributed by atoms with Crippen LogP contribution in [0.15, 0.2) is 30.9 Å². The number of hydrogen-bond donors (Lipinski definition) is 0. The first-order chi connectivity index (χ1) is 16.1. The second-order valence-electron chi connectivity index (χ2n) is 8.50. The molecular weight excluding hydrogens is 455 g/mol. The minimum Gasteiger partial charge on any atom is -0.324 e. The number of pyridine rings is 1. The van der Waals surface area contributed by atoms with Gasteiger partial charge in [0, 0.05) is 18.3 Å². The van der Waals surface area contributed by atoms with Gasteiger partial charge >= 0.3 is 6.18 Å². The van der Waals surface area contributed by atoms with Gasteiger partial charge in [-0.1, -0.05) is 11.8 Å². The minimum atomic E-state index is -4.49. The molecule has 0 saturated heterocycles. The van der Waals surface area contributed by atoms with Crippen molar-refractivity contribution in [2.45, 2.75) is 32.9 Å². The summed E-state index contributed by atoms with van der Waals surface area (Å²) in [5.74, 6) is 3.15. The third kappa shape index (κ3) is 3.41. The Morgan fingerprint density at radius 2 is 1.88 bits per heavy atom. The number of nitrogens with zero attached hydrogens (tertiary/aromatic N) is 6. The van der Waals surface area contributed by atoms with E-state index in [-0.39, 0.29) is 17.0 Å². The summed E-state index contributed by atoms with van der Waals surface area (Å²) in [5.41, 5.74) is -0.351. The van der Waals surface area contributed by atoms with Crippen LogP contribution in [-0.2, 0) is 6.42 Å². The Bertz CT molecular complexity index is 1500. The van der Waals surface area contributed by atoms with Crippen LogP contribution >= 0.6 is 0 Å². The topological polar surface area (TPSA) is 59.2 Å². The maximum atomic E-state index is 15.0. The van der Waals surface area contributed by atoms with E-state index in [0.29, 0.717) is 41.7 Å². The van der Waals surface area contributed by atoms with Crippen LogP contribution in [0.1, 0.15) is 31.4 Å². The molecule has 34 heavy (non-hydrogen) atoms. The molecule has 11 heteroatoms. The molecule has 0 saturated carbocycles. The first-order valence-corrected chi connectivity index (χ1v) is 10.4. The van der Waals surface area contributed by atoms with E-state index in [1.807, 2.05) is 0 Å². The highest BCUT2D eigenvalue weighted by molar-refractivity contribution is 5.94. The van der Waals surface area contributed by atoms with Crippen LogP contribution in [0.25, 0.3) is 16.7 Å². The van der Waals surface area contributed by atoms with Gasteiger partial charge in [-0.3, -0.25) is 9.38 Å². The average molecular weight is 472 g/mol. The number of rotatable bonds is 1. The first-order valence-electron chi connectivity index (χ1n) is 10.4. The summed E-state index contributed by atoms with van der Waals surface area (Å²) in [6, 6.07) is 2.43. The highest BCUT2D eigenvalue weighted by Crippen LogP contribution is 2.39. The van der Waals surface area contributed by atoms with E-state index in [1.54, 1.807) is 4.90 Å². The van der Waals surface area contributed by atoms with E-state index in [0.717, 1.165) is 19.9 Å². The van der Waals surface area contributed by atoms with Gasteiger partial charge in [0.25, 0.3) is 5.78 Å². The lowest BCUT2D eigenvalue weighted by Gasteiger charge is -2.31. The van der Waals surface area contributed by atoms with Crippen LogP contribution in [0.3, 0.4) is 0 Å². The van der Waals surface area contributed by atoms with Crippen LogP contribution in [0.4, 0.5) is 33.5 Å². The van der Waals surface area contributed by atoms with Crippen LogP contribution < -0.4 is 4.90 Å². The summed E-state index contributed by atoms with van der Waals surface area (Å²) in [4.78, 5) is 10.3. The van der Waals surface area contributed by atoms with Crippen molar-refractivity contribution in [3.8, 4) is 11.8 Å². The summed E-state index contributed by atoms with van der Waals surface area (Å²) >= 11 is 0. The van der Waals surface area contributed by atoms with Gasteiger partial charge in [-0.25, -0.2) is 8.78 Å². The first kappa shape index (κ1) is 22.0. The molecule has 5 rings (SSSR count). The second-order valence-corrected chi connectivity index (χ2v) is 8.50. The molecule has 0 unspecified atom stereocenters. The number of alkyl halides is 3. The summed E-state index contributed by atoms with van der Waals surface area (Å²) in [7, 11) is 0. The molecular formula is C23H17F5N6. The molecule has 3 aromatic heterocycles. The Labute approximate surface area is 190 Å². The average Bonchev–Trinajstić information content (AvgIpc) is 3.27. The van der Waals surface area contributed by atoms with Crippen molar-refractivity contribution in [2.75, 3.05) is 11.4 Å². The number of fused-ring (bicyclic) bond motifs is 4. The zero-order chi connectivity index (χ0) is 24.3. The fourth-order valence-electron chi connectivity index (χ4n) is 3.90. The lowest BCUT2D eigenvalue weighted by Crippen LogP contribution is -2.30. The molecule has 0 spiro atoms. The van der Waals surface area contributed by atoms with E-state index >= 15 is 4.39 Å². The lowest BCUT2D eigenvalue weighted by atomic mass is 9.92. The predicted octanol–water partition coefficient (Wildman–Crippen LogP) is 4.98. The standard InChI is InChI=1S/C23H17F5N6/c1-22(2,23(26,27)28)8-7-13-10-29-11-17-14(13)4-3-9-33(17)20-18-16(6-5-15(24)19(18)25)34-12-30-32-21(34)31-20/h5-6,10-12H,3-4,9H2,1-2H3. The SMILES string of the molecule is CC(C)(C#Cc1cncc2c1CCCN2c1nc2nncn2c2ccc(F)c(F)c12)C(F)(F)F. The Morgan fingerprint density at radius 1 is 1.09 bits per heavy atom. The van der Waals surface area contributed by atoms with Crippen molar-refractivity contribution in [1.29, 1.82) is 0 Å². The zero-order valence-electron chi connectivity index (χ0n) is 18.1. The molecule has 1 aromatic carbocycles. The van der Waals surface area contributed by atoms with E-state index in [9.17, 15) is 17.6 Å². The fourth-order valence-corrected chi connectivity index (χ4v) is 3.90. The van der Waals surface area contributed by atoms with Gasteiger partial charge in [0.2, 0.25) is 0 Å². The number of hydrogen-bond acceptors (Lipinski definition) is 5. The van der Waals surface area contributed by atoms with Crippen LogP contribution in [-0.4, -0.2) is 37.3 Å². The Kier molecular flexibility index (Phi) is 4.93. The van der Waals surface area contributed by atoms with Crippen LogP contribution in [0, 0.1) is 28.9 Å². The van der Waals surface area contributed by atoms with Gasteiger partial charge in [0.1, 0.15) is 17.6 Å². The molecule has 1 aliphatic rings. The van der Waals surface area contributed by atoms with Crippen molar-refractivity contribution in [2.24, 2.45) is 5.41 Å². The number of benzene rings is 1. The van der Waals surface area contributed by atoms with Crippen LogP contribution in [0.5, 0.6) is 0 Å². The van der Waals surface area contributed by atoms with Gasteiger partial charge in [-0.2, -0.15) is 18.2 Å². The molecule has 0 fully saturated rings. The van der Waals surface area contributed by atoms with Crippen molar-refractivity contribution < 1.29 is 22.0 Å². The Morgan fingerprint density at radius 3 is 2.65 bits per heavy atom. The Balaban J connectivity index is 1.70. The predicted molar refractivity (Wildman–Crippen MR) is 114 cm³/mol. The normalized spacial score (nSPS) is 14.3. The summed E-state index contributed by atoms with van der Waals surface area (Å²) < 4.78 is 70.5. The van der Waals surface area contributed by atoms with Crippen molar-refractivity contribution in [3.05, 3.63) is 53.6 Å². The molecule has 1 aliphatic heterocycles. The summed E-state index contributed by atoms with van der Waals surface area (Å²) in [5, 5.41) is 7.69. The van der Waals surface area contributed by atoms with E-state index in [2.05, 4.69) is 32.0 Å². The maximum Gasteiger partial charge on any atom is 0.404 e. The molecule has 0 aliphatic carbocycles. The number of anilines is 2. The van der Waals surface area contributed by atoms with Gasteiger partial charge < -0.3 is 4.90 Å². The quantitative estimate of drug-likeness (QED) is 0.289. The third-order valence-corrected chi connectivity index (χ3v) is 5.90. The minimum absolute atomic E-state index is 0.0603. The molecule has 0 bridgehead atoms. The Hall–Kier alpha value is -3.81. The highest BCUT2D eigenvalue weighted by Gasteiger charge is 2.46. The molecule has 0 atom stereocenters. The van der Waals surface area contributed by atoms with Crippen molar-refractivity contribution in [3.63, 3.8) is 0 Å². The summed E-state index contributed by atoms with van der Waals surface area (Å²) in [6.45, 7) is 2.43. The molecule has 174 valence electrons. The largest absolute Gasteiger partial charge is 0.404 e. The lowest BCUT2D eigenvalue weighted by molar-refractivity contribution is -0.190. The van der Waals surface area contributed by atoms with Gasteiger partial charge in [0.15, 0.2) is 11.6 Å². The van der Waals surface area contributed by atoms with E-state index in [1.165, 1.54) is 29.2 Å². The number of aromatic nitrogens is 5. The van der Waals surface area contributed by atoms with Crippen molar-refractivity contribution in [1.82, 2.24) is 24.6 Å².